The molecule has 0 aromatic carbocycles. The van der Waals surface area contributed by atoms with Crippen LogP contribution in [0.25, 0.3) is 0 Å². The van der Waals surface area contributed by atoms with Crippen LogP contribution in [0.1, 0.15) is 28.8 Å². The molecule has 0 spiro atoms. The first-order chi connectivity index (χ1) is 9.97. The summed E-state index contributed by atoms with van der Waals surface area (Å²) >= 11 is 3.03. The third-order valence-corrected chi connectivity index (χ3v) is 5.12. The lowest BCUT2D eigenvalue weighted by molar-refractivity contribution is -0.120. The number of nitrogens with zero attached hydrogens (tertiary/aromatic N) is 2. The van der Waals surface area contributed by atoms with Gasteiger partial charge < -0.3 is 5.32 Å². The molecule has 21 heavy (non-hydrogen) atoms. The molecule has 2 aromatic heterocycles. The van der Waals surface area contributed by atoms with E-state index in [2.05, 4.69) is 15.3 Å². The molecule has 4 nitrogen and oxygen atoms in total. The first-order valence-corrected chi connectivity index (χ1v) is 8.52. The summed E-state index contributed by atoms with van der Waals surface area (Å²) in [7, 11) is 0. The van der Waals surface area contributed by atoms with Crippen LogP contribution in [0, 0.1) is 20.8 Å². The van der Waals surface area contributed by atoms with Crippen molar-refractivity contribution >= 4 is 29.0 Å². The van der Waals surface area contributed by atoms with Crippen molar-refractivity contribution < 1.29 is 4.79 Å². The summed E-state index contributed by atoms with van der Waals surface area (Å²) in [5, 5.41) is 5.39. The molecule has 0 fully saturated rings. The lowest BCUT2D eigenvalue weighted by atomic mass is 10.2. The number of rotatable bonds is 5. The number of hydrogen-bond donors (Lipinski definition) is 1. The van der Waals surface area contributed by atoms with Gasteiger partial charge >= 0.3 is 0 Å². The van der Waals surface area contributed by atoms with Gasteiger partial charge in [0.05, 0.1) is 11.8 Å². The fourth-order valence-corrected chi connectivity index (χ4v) is 3.27. The highest BCUT2D eigenvalue weighted by Gasteiger charge is 2.16. The minimum absolute atomic E-state index is 0.00730. The van der Waals surface area contributed by atoms with Crippen LogP contribution < -0.4 is 5.32 Å². The SMILES string of the molecule is Cc1nc(S[C@H](C)C(=O)NCc2cccs2)nc(C)c1C. The molecule has 0 aliphatic carbocycles. The maximum absolute atomic E-state index is 12.1. The van der Waals surface area contributed by atoms with Crippen molar-refractivity contribution in [2.24, 2.45) is 0 Å². The molecule has 112 valence electrons. The van der Waals surface area contributed by atoms with Crippen LogP contribution in [0.15, 0.2) is 22.7 Å². The number of amides is 1. The summed E-state index contributed by atoms with van der Waals surface area (Å²) in [6, 6.07) is 3.99. The van der Waals surface area contributed by atoms with Crippen LogP contribution in [0.2, 0.25) is 0 Å². The smallest absolute Gasteiger partial charge is 0.233 e. The number of carbonyl (C=O) groups excluding carboxylic acids is 1. The highest BCUT2D eigenvalue weighted by Crippen LogP contribution is 2.22. The molecular weight excluding hydrogens is 302 g/mol. The molecule has 1 atom stereocenters. The molecule has 2 heterocycles. The zero-order valence-corrected chi connectivity index (χ0v) is 14.3. The Bertz CT molecular complexity index is 603. The zero-order valence-electron chi connectivity index (χ0n) is 12.6. The van der Waals surface area contributed by atoms with Gasteiger partial charge in [-0.15, -0.1) is 11.3 Å². The number of carbonyl (C=O) groups is 1. The van der Waals surface area contributed by atoms with Gasteiger partial charge in [-0.3, -0.25) is 4.79 Å². The molecule has 0 bridgehead atoms. The second-order valence-electron chi connectivity index (χ2n) is 4.86. The van der Waals surface area contributed by atoms with Crippen molar-refractivity contribution in [3.05, 3.63) is 39.3 Å². The molecule has 0 aliphatic rings. The number of aryl methyl sites for hydroxylation is 2. The Balaban J connectivity index is 1.94. The summed E-state index contributed by atoms with van der Waals surface area (Å²) in [6.45, 7) is 8.40. The number of nitrogens with one attached hydrogen (secondary N) is 1. The molecule has 1 N–H and O–H groups in total. The quantitative estimate of drug-likeness (QED) is 0.678. The molecule has 0 unspecified atom stereocenters. The molecule has 2 rings (SSSR count). The van der Waals surface area contributed by atoms with E-state index in [4.69, 9.17) is 0 Å². The molecule has 2 aromatic rings. The molecule has 0 saturated heterocycles. The van der Waals surface area contributed by atoms with Gasteiger partial charge in [-0.25, -0.2) is 9.97 Å². The third-order valence-electron chi connectivity index (χ3n) is 3.28. The second kappa shape index (κ2) is 7.04. The van der Waals surface area contributed by atoms with E-state index in [1.807, 2.05) is 45.2 Å². The Kier molecular flexibility index (Phi) is 5.36. The van der Waals surface area contributed by atoms with Gasteiger partial charge in [-0.2, -0.15) is 0 Å². The normalized spacial score (nSPS) is 12.2. The van der Waals surface area contributed by atoms with Crippen molar-refractivity contribution in [3.8, 4) is 0 Å². The van der Waals surface area contributed by atoms with E-state index in [0.717, 1.165) is 21.8 Å². The molecule has 6 heteroatoms. The monoisotopic (exact) mass is 321 g/mol. The van der Waals surface area contributed by atoms with E-state index in [1.54, 1.807) is 11.3 Å². The van der Waals surface area contributed by atoms with Gasteiger partial charge in [0.2, 0.25) is 5.91 Å². The van der Waals surface area contributed by atoms with Crippen LogP contribution in [0.3, 0.4) is 0 Å². The van der Waals surface area contributed by atoms with E-state index in [9.17, 15) is 4.79 Å². The second-order valence-corrected chi connectivity index (χ2v) is 7.20. The maximum Gasteiger partial charge on any atom is 0.233 e. The molecule has 0 saturated carbocycles. The first kappa shape index (κ1) is 16.0. The van der Waals surface area contributed by atoms with Crippen LogP contribution in [0.4, 0.5) is 0 Å². The number of thiophene rings is 1. The topological polar surface area (TPSA) is 54.9 Å². The Morgan fingerprint density at radius 3 is 2.57 bits per heavy atom. The molecular formula is C15H19N3OS2. The summed E-state index contributed by atoms with van der Waals surface area (Å²) in [5.74, 6) is 0.00730. The van der Waals surface area contributed by atoms with Crippen LogP contribution in [0.5, 0.6) is 0 Å². The number of aromatic nitrogens is 2. The summed E-state index contributed by atoms with van der Waals surface area (Å²) in [6.07, 6.45) is 0. The van der Waals surface area contributed by atoms with E-state index < -0.39 is 0 Å². The number of hydrogen-bond acceptors (Lipinski definition) is 5. The van der Waals surface area contributed by atoms with Gasteiger partial charge in [0.25, 0.3) is 0 Å². The Labute approximate surface area is 133 Å². The van der Waals surface area contributed by atoms with E-state index in [-0.39, 0.29) is 11.2 Å². The van der Waals surface area contributed by atoms with Gasteiger partial charge in [-0.05, 0) is 44.7 Å². The average Bonchev–Trinajstić information content (AvgIpc) is 2.95. The maximum atomic E-state index is 12.1. The lowest BCUT2D eigenvalue weighted by Crippen LogP contribution is -2.30. The fraction of sp³-hybridized carbons (Fsp3) is 0.400. The minimum atomic E-state index is -0.216. The molecule has 0 aliphatic heterocycles. The van der Waals surface area contributed by atoms with Gasteiger partial charge in [0.15, 0.2) is 5.16 Å². The Morgan fingerprint density at radius 2 is 2.00 bits per heavy atom. The first-order valence-electron chi connectivity index (χ1n) is 6.76. The zero-order chi connectivity index (χ0) is 15.4. The Hall–Kier alpha value is -1.40. The third kappa shape index (κ3) is 4.28. The van der Waals surface area contributed by atoms with Crippen molar-refractivity contribution in [1.29, 1.82) is 0 Å². The van der Waals surface area contributed by atoms with Crippen molar-refractivity contribution in [2.75, 3.05) is 0 Å². The fourth-order valence-electron chi connectivity index (χ4n) is 1.74. The largest absolute Gasteiger partial charge is 0.350 e. The summed E-state index contributed by atoms with van der Waals surface area (Å²) in [5.41, 5.74) is 3.04. The van der Waals surface area contributed by atoms with E-state index in [0.29, 0.717) is 11.7 Å². The highest BCUT2D eigenvalue weighted by atomic mass is 32.2. The van der Waals surface area contributed by atoms with Gasteiger partial charge in [0, 0.05) is 16.3 Å². The lowest BCUT2D eigenvalue weighted by Gasteiger charge is -2.12. The predicted molar refractivity (Wildman–Crippen MR) is 87.7 cm³/mol. The van der Waals surface area contributed by atoms with Crippen molar-refractivity contribution in [3.63, 3.8) is 0 Å². The molecule has 1 amide bonds. The standard InChI is InChI=1S/C15H19N3OS2/c1-9-10(2)17-15(18-11(9)3)21-12(4)14(19)16-8-13-6-5-7-20-13/h5-7,12H,8H2,1-4H3,(H,16,19)/t12-/m1/s1. The van der Waals surface area contributed by atoms with Gasteiger partial charge in [0.1, 0.15) is 0 Å². The molecule has 0 radical (unpaired) electrons. The van der Waals surface area contributed by atoms with Crippen LogP contribution in [-0.4, -0.2) is 21.1 Å². The number of thioether (sulfide) groups is 1. The van der Waals surface area contributed by atoms with Crippen molar-refractivity contribution in [1.82, 2.24) is 15.3 Å². The Morgan fingerprint density at radius 1 is 1.33 bits per heavy atom. The highest BCUT2D eigenvalue weighted by molar-refractivity contribution is 8.00. The van der Waals surface area contributed by atoms with Crippen molar-refractivity contribution in [2.45, 2.75) is 44.6 Å². The van der Waals surface area contributed by atoms with Crippen LogP contribution in [-0.2, 0) is 11.3 Å². The van der Waals surface area contributed by atoms with E-state index >= 15 is 0 Å². The predicted octanol–water partition coefficient (Wildman–Crippen LogP) is 3.26. The summed E-state index contributed by atoms with van der Waals surface area (Å²) in [4.78, 5) is 22.1. The van der Waals surface area contributed by atoms with Gasteiger partial charge in [-0.1, -0.05) is 17.8 Å². The minimum Gasteiger partial charge on any atom is -0.350 e. The van der Waals surface area contributed by atoms with Crippen LogP contribution >= 0.6 is 23.1 Å². The average molecular weight is 321 g/mol. The van der Waals surface area contributed by atoms with E-state index in [1.165, 1.54) is 11.8 Å². The summed E-state index contributed by atoms with van der Waals surface area (Å²) < 4.78 is 0.